The molecule has 0 saturated carbocycles. The molecule has 5 heteroatoms. The Bertz CT molecular complexity index is 732. The second-order valence-electron chi connectivity index (χ2n) is 5.99. The van der Waals surface area contributed by atoms with Crippen LogP contribution in [0.5, 0.6) is 5.75 Å². The Labute approximate surface area is 129 Å². The van der Waals surface area contributed by atoms with Gasteiger partial charge in [-0.15, -0.1) is 0 Å². The minimum atomic E-state index is -0.321. The fraction of sp³-hybridized carbons (Fsp3) is 0.375. The number of H-pyrrole nitrogens is 1. The van der Waals surface area contributed by atoms with Crippen molar-refractivity contribution in [2.75, 3.05) is 7.11 Å². The van der Waals surface area contributed by atoms with Crippen LogP contribution in [0.3, 0.4) is 0 Å². The minimum absolute atomic E-state index is 0.184. The lowest BCUT2D eigenvalue weighted by molar-refractivity contribution is 0.415. The summed E-state index contributed by atoms with van der Waals surface area (Å²) in [5, 5.41) is 0. The molecule has 0 amide bonds. The Morgan fingerprint density at radius 1 is 1.29 bits per heavy atom. The molecule has 2 aromatic rings. The van der Waals surface area contributed by atoms with Crippen LogP contribution in [0.2, 0.25) is 0 Å². The Hall–Kier alpha value is -1.75. The number of methoxy groups -OCH3 is 1. The van der Waals surface area contributed by atoms with E-state index in [9.17, 15) is 4.39 Å². The molecule has 21 heavy (non-hydrogen) atoms. The van der Waals surface area contributed by atoms with Gasteiger partial charge in [-0.05, 0) is 25.1 Å². The quantitative estimate of drug-likeness (QED) is 0.827. The number of hydrogen-bond acceptors (Lipinski definition) is 3. The van der Waals surface area contributed by atoms with Gasteiger partial charge < -0.3 is 9.72 Å². The maximum atomic E-state index is 13.6. The van der Waals surface area contributed by atoms with Crippen LogP contribution in [0.15, 0.2) is 18.2 Å². The third-order valence-electron chi connectivity index (χ3n) is 3.29. The van der Waals surface area contributed by atoms with E-state index in [1.54, 1.807) is 13.2 Å². The van der Waals surface area contributed by atoms with E-state index >= 15 is 0 Å². The number of benzene rings is 1. The van der Waals surface area contributed by atoms with E-state index in [4.69, 9.17) is 17.0 Å². The summed E-state index contributed by atoms with van der Waals surface area (Å²) < 4.78 is 19.5. The molecule has 0 radical (unpaired) electrons. The lowest BCUT2D eigenvalue weighted by Crippen LogP contribution is -2.17. The molecule has 0 aliphatic rings. The van der Waals surface area contributed by atoms with Gasteiger partial charge in [-0.25, -0.2) is 9.37 Å². The van der Waals surface area contributed by atoms with Gasteiger partial charge in [0.05, 0.1) is 12.8 Å². The number of aromatic amines is 1. The third-order valence-corrected chi connectivity index (χ3v) is 3.69. The van der Waals surface area contributed by atoms with Crippen LogP contribution in [0.25, 0.3) is 11.3 Å². The summed E-state index contributed by atoms with van der Waals surface area (Å²) in [7, 11) is 1.56. The van der Waals surface area contributed by atoms with Crippen LogP contribution in [0.1, 0.15) is 32.2 Å². The van der Waals surface area contributed by atoms with Gasteiger partial charge in [0.25, 0.3) is 0 Å². The van der Waals surface area contributed by atoms with Crippen molar-refractivity contribution in [2.45, 2.75) is 33.1 Å². The monoisotopic (exact) mass is 306 g/mol. The summed E-state index contributed by atoms with van der Waals surface area (Å²) in [5.41, 5.74) is 2.02. The van der Waals surface area contributed by atoms with Gasteiger partial charge in [0, 0.05) is 16.5 Å². The molecular weight excluding hydrogens is 287 g/mol. The topological polar surface area (TPSA) is 37.9 Å². The highest BCUT2D eigenvalue weighted by Crippen LogP contribution is 2.33. The highest BCUT2D eigenvalue weighted by atomic mass is 32.1. The molecule has 0 bridgehead atoms. The second kappa shape index (κ2) is 5.56. The van der Waals surface area contributed by atoms with Gasteiger partial charge >= 0.3 is 0 Å². The molecule has 0 aliphatic heterocycles. The average Bonchev–Trinajstić information content (AvgIpc) is 2.40. The molecule has 2 rings (SSSR count). The smallest absolute Gasteiger partial charge is 0.133 e. The molecule has 112 valence electrons. The van der Waals surface area contributed by atoms with E-state index in [1.165, 1.54) is 12.1 Å². The molecule has 0 aliphatic carbocycles. The van der Waals surface area contributed by atoms with E-state index in [1.807, 2.05) is 27.7 Å². The molecule has 1 heterocycles. The number of halogens is 1. The first kappa shape index (κ1) is 15.6. The SMILES string of the molecule is COc1ccc(F)cc1-c1[nH]c(C(C)(C)C)nc(=S)c1C. The fourth-order valence-corrected chi connectivity index (χ4v) is 2.23. The van der Waals surface area contributed by atoms with E-state index in [2.05, 4.69) is 9.97 Å². The summed E-state index contributed by atoms with van der Waals surface area (Å²) in [6.07, 6.45) is 0. The van der Waals surface area contributed by atoms with E-state index in [-0.39, 0.29) is 11.2 Å². The van der Waals surface area contributed by atoms with Gasteiger partial charge in [-0.2, -0.15) is 0 Å². The van der Waals surface area contributed by atoms with Crippen molar-refractivity contribution in [1.82, 2.24) is 9.97 Å². The minimum Gasteiger partial charge on any atom is -0.496 e. The van der Waals surface area contributed by atoms with Gasteiger partial charge in [-0.3, -0.25) is 0 Å². The third kappa shape index (κ3) is 3.13. The zero-order chi connectivity index (χ0) is 15.8. The number of ether oxygens (including phenoxy) is 1. The predicted octanol–water partition coefficient (Wildman–Crippen LogP) is 4.56. The lowest BCUT2D eigenvalue weighted by Gasteiger charge is -2.20. The summed E-state index contributed by atoms with van der Waals surface area (Å²) in [6.45, 7) is 8.01. The first-order valence-corrected chi connectivity index (χ1v) is 7.10. The standard InChI is InChI=1S/C16H19FN2OS/c1-9-13(11-8-10(17)6-7-12(11)20-5)18-15(16(2,3)4)19-14(9)21/h6-8H,1-5H3,(H,18,19,21). The van der Waals surface area contributed by atoms with E-state index in [0.717, 1.165) is 17.1 Å². The first-order chi connectivity index (χ1) is 9.74. The Morgan fingerprint density at radius 2 is 1.95 bits per heavy atom. The van der Waals surface area contributed by atoms with Gasteiger partial charge in [0.2, 0.25) is 0 Å². The fourth-order valence-electron chi connectivity index (χ4n) is 2.03. The second-order valence-corrected chi connectivity index (χ2v) is 6.37. The molecule has 0 spiro atoms. The Kier molecular flexibility index (Phi) is 4.14. The highest BCUT2D eigenvalue weighted by Gasteiger charge is 2.20. The molecule has 1 aromatic carbocycles. The lowest BCUT2D eigenvalue weighted by atomic mass is 9.95. The molecule has 1 aromatic heterocycles. The molecule has 0 unspecified atom stereocenters. The van der Waals surface area contributed by atoms with Crippen molar-refractivity contribution < 1.29 is 9.13 Å². The van der Waals surface area contributed by atoms with Crippen molar-refractivity contribution in [3.05, 3.63) is 40.0 Å². The van der Waals surface area contributed by atoms with Gasteiger partial charge in [0.15, 0.2) is 0 Å². The van der Waals surface area contributed by atoms with Crippen molar-refractivity contribution in [3.8, 4) is 17.0 Å². The van der Waals surface area contributed by atoms with Crippen molar-refractivity contribution in [1.29, 1.82) is 0 Å². The van der Waals surface area contributed by atoms with Crippen molar-refractivity contribution in [2.24, 2.45) is 0 Å². The molecule has 3 nitrogen and oxygen atoms in total. The molecule has 0 atom stereocenters. The Morgan fingerprint density at radius 3 is 2.52 bits per heavy atom. The number of aromatic nitrogens is 2. The zero-order valence-corrected chi connectivity index (χ0v) is 13.7. The van der Waals surface area contributed by atoms with Crippen LogP contribution >= 0.6 is 12.2 Å². The number of hydrogen-bond donors (Lipinski definition) is 1. The average molecular weight is 306 g/mol. The van der Waals surface area contributed by atoms with Gasteiger partial charge in [-0.1, -0.05) is 33.0 Å². The van der Waals surface area contributed by atoms with Crippen LogP contribution < -0.4 is 4.74 Å². The molecule has 0 fully saturated rings. The van der Waals surface area contributed by atoms with Gasteiger partial charge in [0.1, 0.15) is 22.0 Å². The maximum absolute atomic E-state index is 13.6. The van der Waals surface area contributed by atoms with Crippen molar-refractivity contribution >= 4 is 12.2 Å². The predicted molar refractivity (Wildman–Crippen MR) is 84.8 cm³/mol. The number of nitrogens with zero attached hydrogens (tertiary/aromatic N) is 1. The van der Waals surface area contributed by atoms with Crippen LogP contribution in [0.4, 0.5) is 4.39 Å². The molecule has 0 saturated heterocycles. The number of nitrogens with one attached hydrogen (secondary N) is 1. The molecular formula is C16H19FN2OS. The summed E-state index contributed by atoms with van der Waals surface area (Å²) in [4.78, 5) is 7.72. The zero-order valence-electron chi connectivity index (χ0n) is 12.9. The summed E-state index contributed by atoms with van der Waals surface area (Å²) in [5.74, 6) is 1.04. The van der Waals surface area contributed by atoms with Crippen LogP contribution in [0, 0.1) is 17.4 Å². The summed E-state index contributed by atoms with van der Waals surface area (Å²) >= 11 is 5.34. The van der Waals surface area contributed by atoms with E-state index < -0.39 is 0 Å². The Balaban J connectivity index is 2.78. The first-order valence-electron chi connectivity index (χ1n) is 6.69. The highest BCUT2D eigenvalue weighted by molar-refractivity contribution is 7.71. The molecule has 1 N–H and O–H groups in total. The van der Waals surface area contributed by atoms with Crippen molar-refractivity contribution in [3.63, 3.8) is 0 Å². The normalized spacial score (nSPS) is 11.5. The maximum Gasteiger partial charge on any atom is 0.133 e. The van der Waals surface area contributed by atoms with Crippen LogP contribution in [-0.2, 0) is 5.41 Å². The number of rotatable bonds is 2. The largest absolute Gasteiger partial charge is 0.496 e. The van der Waals surface area contributed by atoms with E-state index in [0.29, 0.717) is 16.0 Å². The van der Waals surface area contributed by atoms with Crippen LogP contribution in [-0.4, -0.2) is 17.1 Å². The summed E-state index contributed by atoms with van der Waals surface area (Å²) in [6, 6.07) is 4.43.